The molecular formula is C49H56N6O17. The summed E-state index contributed by atoms with van der Waals surface area (Å²) in [6.07, 6.45) is -4.37. The molecule has 1 spiro atoms. The number of phenolic OH excluding ortho intramolecular Hbond substituents is 2. The van der Waals surface area contributed by atoms with Crippen LogP contribution in [0, 0.1) is 0 Å². The number of phenols is 2. The van der Waals surface area contributed by atoms with Crippen LogP contribution in [0.15, 0.2) is 85.1 Å². The van der Waals surface area contributed by atoms with Gasteiger partial charge in [-0.1, -0.05) is 23.4 Å². The average Bonchev–Trinajstić information content (AvgIpc) is 3.94. The van der Waals surface area contributed by atoms with Gasteiger partial charge in [-0.05, 0) is 60.5 Å². The molecule has 0 radical (unpaired) electrons. The van der Waals surface area contributed by atoms with Crippen molar-refractivity contribution in [2.75, 3.05) is 71.3 Å². The number of ether oxygens (including phenoxy) is 8. The van der Waals surface area contributed by atoms with Crippen LogP contribution >= 0.6 is 0 Å². The summed E-state index contributed by atoms with van der Waals surface area (Å²) in [6, 6.07) is 19.9. The number of benzene rings is 4. The second kappa shape index (κ2) is 23.6. The van der Waals surface area contributed by atoms with Crippen molar-refractivity contribution >= 4 is 23.5 Å². The molecule has 1 fully saturated rings. The lowest BCUT2D eigenvalue weighted by molar-refractivity contribution is -0.300. The number of hydrogen-bond acceptors (Lipinski definition) is 20. The number of amides is 2. The van der Waals surface area contributed by atoms with Crippen LogP contribution in [0.2, 0.25) is 0 Å². The van der Waals surface area contributed by atoms with Gasteiger partial charge in [0.1, 0.15) is 59.8 Å². The number of aromatic nitrogens is 3. The third-order valence-corrected chi connectivity index (χ3v) is 12.0. The number of rotatable bonds is 24. The smallest absolute Gasteiger partial charge is 0.340 e. The molecule has 8 rings (SSSR count). The van der Waals surface area contributed by atoms with E-state index in [1.165, 1.54) is 30.3 Å². The molecule has 23 heteroatoms. The Morgan fingerprint density at radius 3 is 2.12 bits per heavy atom. The third-order valence-electron chi connectivity index (χ3n) is 12.0. The number of aliphatic hydroxyl groups is 4. The van der Waals surface area contributed by atoms with Crippen molar-refractivity contribution < 1.29 is 82.9 Å². The summed E-state index contributed by atoms with van der Waals surface area (Å²) >= 11 is 0. The Balaban J connectivity index is 0.661. The molecule has 72 heavy (non-hydrogen) atoms. The fraction of sp³-hybridized carbons (Fsp3) is 0.408. The van der Waals surface area contributed by atoms with E-state index in [0.717, 1.165) is 5.56 Å². The number of aliphatic hydroxyl groups excluding tert-OH is 4. The van der Waals surface area contributed by atoms with Crippen LogP contribution < -0.4 is 25.8 Å². The second-order valence-electron chi connectivity index (χ2n) is 17.0. The molecule has 4 heterocycles. The van der Waals surface area contributed by atoms with E-state index in [9.17, 15) is 45.0 Å². The Morgan fingerprint density at radius 1 is 0.792 bits per heavy atom. The predicted octanol–water partition coefficient (Wildman–Crippen LogP) is 0.370. The Morgan fingerprint density at radius 2 is 1.44 bits per heavy atom. The number of nitrogens with zero attached hydrogens (tertiary/aromatic N) is 3. The molecule has 2 amide bonds. The molecule has 23 nitrogen and oxygen atoms in total. The van der Waals surface area contributed by atoms with E-state index in [4.69, 9.17) is 43.6 Å². The van der Waals surface area contributed by atoms with Crippen molar-refractivity contribution in [2.45, 2.75) is 61.7 Å². The summed E-state index contributed by atoms with van der Waals surface area (Å²) in [5.41, 5.74) is 7.91. The van der Waals surface area contributed by atoms with Gasteiger partial charge in [0.05, 0.1) is 83.2 Å². The van der Waals surface area contributed by atoms with Gasteiger partial charge in [-0.3, -0.25) is 9.59 Å². The van der Waals surface area contributed by atoms with E-state index < -0.39 is 73.3 Å². The molecule has 3 aliphatic rings. The summed E-state index contributed by atoms with van der Waals surface area (Å²) in [6.45, 7) is 2.10. The maximum Gasteiger partial charge on any atom is 0.340 e. The van der Waals surface area contributed by atoms with E-state index in [2.05, 4.69) is 20.9 Å². The molecule has 0 unspecified atom stereocenters. The van der Waals surface area contributed by atoms with Crippen molar-refractivity contribution in [3.63, 3.8) is 0 Å². The minimum atomic E-state index is -1.49. The first-order valence-corrected chi connectivity index (χ1v) is 23.1. The molecule has 5 aromatic rings. The van der Waals surface area contributed by atoms with Gasteiger partial charge in [0.15, 0.2) is 11.9 Å². The average molecular weight is 1000 g/mol. The molecule has 4 aromatic carbocycles. The topological polar surface area (TPSA) is 327 Å². The second-order valence-corrected chi connectivity index (χ2v) is 17.0. The summed E-state index contributed by atoms with van der Waals surface area (Å²) in [5, 5.41) is 72.9. The van der Waals surface area contributed by atoms with Crippen molar-refractivity contribution in [1.29, 1.82) is 0 Å². The van der Waals surface area contributed by atoms with Crippen LogP contribution in [0.1, 0.15) is 38.3 Å². The van der Waals surface area contributed by atoms with Gasteiger partial charge >= 0.3 is 5.97 Å². The van der Waals surface area contributed by atoms with Crippen molar-refractivity contribution in [3.8, 4) is 28.7 Å². The fourth-order valence-electron chi connectivity index (χ4n) is 8.32. The highest BCUT2D eigenvalue weighted by Gasteiger charge is 2.54. The Hall–Kier alpha value is -6.77. The highest BCUT2D eigenvalue weighted by molar-refractivity contribution is 6.00. The van der Waals surface area contributed by atoms with Crippen molar-refractivity contribution in [1.82, 2.24) is 20.3 Å². The van der Waals surface area contributed by atoms with Gasteiger partial charge < -0.3 is 84.9 Å². The number of esters is 1. The van der Waals surface area contributed by atoms with Gasteiger partial charge in [0.25, 0.3) is 0 Å². The van der Waals surface area contributed by atoms with Crippen molar-refractivity contribution in [2.24, 2.45) is 5.73 Å². The number of hydrogen-bond donors (Lipinski definition) is 9. The predicted molar refractivity (Wildman–Crippen MR) is 249 cm³/mol. The number of fused-ring (bicyclic) bond motifs is 6. The molecule has 1 aromatic heterocycles. The quantitative estimate of drug-likeness (QED) is 0.0298. The monoisotopic (exact) mass is 1000 g/mol. The zero-order valence-corrected chi connectivity index (χ0v) is 38.8. The normalized spacial score (nSPS) is 19.9. The maximum atomic E-state index is 13.4. The summed E-state index contributed by atoms with van der Waals surface area (Å²) in [4.78, 5) is 39.1. The van der Waals surface area contributed by atoms with Crippen LogP contribution in [0.4, 0.5) is 5.69 Å². The van der Waals surface area contributed by atoms with E-state index in [-0.39, 0.29) is 47.3 Å². The minimum absolute atomic E-state index is 0.0619. The Labute approximate surface area is 411 Å². The lowest BCUT2D eigenvalue weighted by atomic mass is 9.77. The Kier molecular flexibility index (Phi) is 16.9. The molecule has 3 aliphatic heterocycles. The van der Waals surface area contributed by atoms with E-state index in [0.29, 0.717) is 87.3 Å². The fourth-order valence-corrected chi connectivity index (χ4v) is 8.32. The van der Waals surface area contributed by atoms with Gasteiger partial charge in [-0.25, -0.2) is 9.48 Å². The van der Waals surface area contributed by atoms with Crippen LogP contribution in [0.25, 0.3) is 0 Å². The first kappa shape index (κ1) is 51.6. The van der Waals surface area contributed by atoms with Crippen LogP contribution in [0.3, 0.4) is 0 Å². The molecule has 1 saturated heterocycles. The summed E-state index contributed by atoms with van der Waals surface area (Å²) in [5.74, 6) is -0.830. The van der Waals surface area contributed by atoms with Crippen LogP contribution in [0.5, 0.6) is 28.7 Å². The lowest BCUT2D eigenvalue weighted by Gasteiger charge is -2.39. The molecule has 6 atom stereocenters. The maximum absolute atomic E-state index is 13.4. The first-order chi connectivity index (χ1) is 34.8. The highest BCUT2D eigenvalue weighted by Crippen LogP contribution is 2.57. The number of nitrogens with one attached hydrogen (secondary N) is 2. The number of nitrogens with two attached hydrogens (primary N) is 1. The van der Waals surface area contributed by atoms with Gasteiger partial charge in [0, 0.05) is 47.1 Å². The summed E-state index contributed by atoms with van der Waals surface area (Å²) < 4.78 is 47.0. The van der Waals surface area contributed by atoms with Gasteiger partial charge in [-0.2, -0.15) is 0 Å². The standard InChI is InChI=1S/C49H56N6O17/c50-38(46(63)51-25-42(59)52-29-3-8-35-34(21-29)47(64)72-49(35)36-9-4-31(57)23-39(36)70-40-24-32(58)5-10-37(40)49)22-30-26-55(54-53-30)12-14-65-15-16-66-17-18-67-19-20-68-33-6-1-28(2-7-33)11-13-69-48-45(62)44(61)43(60)41(27-56)71-48/h1-10,21,23-24,26,38,41,43-45,48,56-58,60-62H,11-20,22,25,27,50H2,(H,51,63)(H,52,59)/t38-,41+,43+,44-,45+,48+/m0/s1. The van der Waals surface area contributed by atoms with Crippen LogP contribution in [-0.4, -0.2) is 166 Å². The van der Waals surface area contributed by atoms with E-state index >= 15 is 0 Å². The molecule has 384 valence electrons. The third kappa shape index (κ3) is 12.1. The lowest BCUT2D eigenvalue weighted by Crippen LogP contribution is -2.59. The molecular weight excluding hydrogens is 945 g/mol. The largest absolute Gasteiger partial charge is 0.508 e. The number of anilines is 1. The summed E-state index contributed by atoms with van der Waals surface area (Å²) in [7, 11) is 0. The Bertz CT molecular complexity index is 2610. The molecule has 0 aliphatic carbocycles. The van der Waals surface area contributed by atoms with Crippen molar-refractivity contribution in [3.05, 3.63) is 119 Å². The van der Waals surface area contributed by atoms with E-state index in [1.807, 2.05) is 24.3 Å². The highest BCUT2D eigenvalue weighted by atomic mass is 16.7. The minimum Gasteiger partial charge on any atom is -0.508 e. The number of carbonyl (C=O) groups is 3. The number of aromatic hydroxyl groups is 2. The van der Waals surface area contributed by atoms with Gasteiger partial charge in [-0.15, -0.1) is 5.10 Å². The molecule has 10 N–H and O–H groups in total. The SMILES string of the molecule is N[C@@H](Cc1cn(CCOCCOCCOCCOc2ccc(CCO[C@@H]3O[C@H](CO)[C@@H](O)[C@H](O)[C@H]3O)cc2)nn1)C(=O)NCC(=O)Nc1ccc2c(c1)C(=O)OC21c2ccc(O)cc2Oc2cc(O)ccc21. The first-order valence-electron chi connectivity index (χ1n) is 23.1. The van der Waals surface area contributed by atoms with E-state index in [1.54, 1.807) is 35.1 Å². The zero-order valence-electron chi connectivity index (χ0n) is 38.8. The number of carbonyl (C=O) groups excluding carboxylic acids is 3. The van der Waals surface area contributed by atoms with Crippen LogP contribution in [-0.2, 0) is 63.0 Å². The van der Waals surface area contributed by atoms with Gasteiger partial charge in [0.2, 0.25) is 11.8 Å². The molecule has 0 bridgehead atoms. The molecule has 0 saturated carbocycles. The zero-order chi connectivity index (χ0) is 50.8.